The van der Waals surface area contributed by atoms with Crippen molar-refractivity contribution in [1.82, 2.24) is 14.9 Å². The fraction of sp³-hybridized carbons (Fsp3) is 0.231. The number of nitrogens with zero attached hydrogens (tertiary/aromatic N) is 2. The van der Waals surface area contributed by atoms with E-state index in [1.807, 2.05) is 48.5 Å². The number of rotatable bonds is 9. The van der Waals surface area contributed by atoms with Gasteiger partial charge in [-0.1, -0.05) is 54.6 Å². The molecule has 0 fully saturated rings. The maximum Gasteiger partial charge on any atom is 0.220 e. The van der Waals surface area contributed by atoms with E-state index in [2.05, 4.69) is 16.0 Å². The van der Waals surface area contributed by atoms with Crippen molar-refractivity contribution >= 4 is 16.9 Å². The van der Waals surface area contributed by atoms with Gasteiger partial charge in [0.15, 0.2) is 0 Å². The van der Waals surface area contributed by atoms with Gasteiger partial charge in [-0.2, -0.15) is 0 Å². The molecule has 31 heavy (non-hydrogen) atoms. The zero-order chi connectivity index (χ0) is 21.5. The van der Waals surface area contributed by atoms with Gasteiger partial charge in [0.2, 0.25) is 5.91 Å². The first-order valence-electron chi connectivity index (χ1n) is 10.7. The molecule has 1 amide bonds. The normalized spacial score (nSPS) is 11.0. The largest absolute Gasteiger partial charge is 0.356 e. The minimum absolute atomic E-state index is 0.0728. The van der Waals surface area contributed by atoms with E-state index >= 15 is 0 Å². The topological polar surface area (TPSA) is 46.9 Å². The molecule has 0 saturated carbocycles. The zero-order valence-electron chi connectivity index (χ0n) is 17.4. The van der Waals surface area contributed by atoms with E-state index in [9.17, 15) is 9.18 Å². The Morgan fingerprint density at radius 2 is 1.61 bits per heavy atom. The van der Waals surface area contributed by atoms with Crippen molar-refractivity contribution in [3.63, 3.8) is 0 Å². The van der Waals surface area contributed by atoms with Crippen LogP contribution in [0.4, 0.5) is 4.39 Å². The van der Waals surface area contributed by atoms with Crippen LogP contribution < -0.4 is 5.32 Å². The Hall–Kier alpha value is -3.47. The molecule has 4 nitrogen and oxygen atoms in total. The fourth-order valence-corrected chi connectivity index (χ4v) is 3.73. The first kappa shape index (κ1) is 20.8. The molecule has 0 saturated heterocycles. The van der Waals surface area contributed by atoms with Crippen molar-refractivity contribution in [2.45, 2.75) is 32.2 Å². The van der Waals surface area contributed by atoms with Gasteiger partial charge >= 0.3 is 0 Å². The Bertz CT molecular complexity index is 1140. The van der Waals surface area contributed by atoms with Crippen LogP contribution in [-0.2, 0) is 24.2 Å². The SMILES string of the molecule is O=C(CCc1ccccc1)NCCCc1nc2ccccc2n1Cc1ccc(F)cc1. The van der Waals surface area contributed by atoms with E-state index in [1.165, 1.54) is 17.7 Å². The number of nitrogens with one attached hydrogen (secondary N) is 1. The zero-order valence-corrected chi connectivity index (χ0v) is 17.4. The number of amides is 1. The van der Waals surface area contributed by atoms with Gasteiger partial charge in [-0.3, -0.25) is 4.79 Å². The highest BCUT2D eigenvalue weighted by Gasteiger charge is 2.11. The molecule has 0 aliphatic rings. The molecule has 5 heteroatoms. The number of para-hydroxylation sites is 2. The van der Waals surface area contributed by atoms with Crippen LogP contribution in [0, 0.1) is 5.82 Å². The molecule has 4 aromatic rings. The number of hydrogen-bond acceptors (Lipinski definition) is 2. The molecule has 0 aliphatic carbocycles. The number of hydrogen-bond donors (Lipinski definition) is 1. The molecule has 0 radical (unpaired) electrons. The van der Waals surface area contributed by atoms with E-state index < -0.39 is 0 Å². The molecule has 0 atom stereocenters. The van der Waals surface area contributed by atoms with Crippen molar-refractivity contribution in [2.24, 2.45) is 0 Å². The molecule has 158 valence electrons. The highest BCUT2D eigenvalue weighted by molar-refractivity contribution is 5.76. The molecule has 0 bridgehead atoms. The third-order valence-corrected chi connectivity index (χ3v) is 5.37. The molecule has 0 unspecified atom stereocenters. The third kappa shape index (κ3) is 5.57. The summed E-state index contributed by atoms with van der Waals surface area (Å²) in [5.74, 6) is 0.815. The second-order valence-electron chi connectivity index (χ2n) is 7.67. The lowest BCUT2D eigenvalue weighted by Crippen LogP contribution is -2.25. The van der Waals surface area contributed by atoms with Crippen LogP contribution in [0.3, 0.4) is 0 Å². The van der Waals surface area contributed by atoms with Gasteiger partial charge in [0.1, 0.15) is 11.6 Å². The summed E-state index contributed by atoms with van der Waals surface area (Å²) in [6.07, 6.45) is 2.81. The Kier molecular flexibility index (Phi) is 6.72. The number of halogens is 1. The fourth-order valence-electron chi connectivity index (χ4n) is 3.73. The van der Waals surface area contributed by atoms with Gasteiger partial charge in [0.05, 0.1) is 11.0 Å². The van der Waals surface area contributed by atoms with Gasteiger partial charge in [0, 0.05) is 25.9 Å². The van der Waals surface area contributed by atoms with Crippen LogP contribution in [0.5, 0.6) is 0 Å². The summed E-state index contributed by atoms with van der Waals surface area (Å²) in [5.41, 5.74) is 4.22. The molecule has 0 spiro atoms. The number of carbonyl (C=O) groups excluding carboxylic acids is 1. The van der Waals surface area contributed by atoms with Crippen molar-refractivity contribution in [3.8, 4) is 0 Å². The summed E-state index contributed by atoms with van der Waals surface area (Å²) in [6, 6.07) is 24.7. The van der Waals surface area contributed by atoms with Crippen molar-refractivity contribution in [2.75, 3.05) is 6.54 Å². The maximum atomic E-state index is 13.3. The lowest BCUT2D eigenvalue weighted by Gasteiger charge is -2.10. The lowest BCUT2D eigenvalue weighted by atomic mass is 10.1. The van der Waals surface area contributed by atoms with Gasteiger partial charge in [-0.25, -0.2) is 9.37 Å². The highest BCUT2D eigenvalue weighted by Crippen LogP contribution is 2.19. The van der Waals surface area contributed by atoms with Crippen LogP contribution in [0.2, 0.25) is 0 Å². The predicted octanol–water partition coefficient (Wildman–Crippen LogP) is 4.91. The van der Waals surface area contributed by atoms with Gasteiger partial charge in [0.25, 0.3) is 0 Å². The Labute approximate surface area is 181 Å². The summed E-state index contributed by atoms with van der Waals surface area (Å²) >= 11 is 0. The smallest absolute Gasteiger partial charge is 0.220 e. The van der Waals surface area contributed by atoms with E-state index in [0.717, 1.165) is 41.7 Å². The van der Waals surface area contributed by atoms with Crippen molar-refractivity contribution in [1.29, 1.82) is 0 Å². The minimum atomic E-state index is -0.234. The van der Waals surface area contributed by atoms with Crippen LogP contribution in [-0.4, -0.2) is 22.0 Å². The third-order valence-electron chi connectivity index (χ3n) is 5.37. The second-order valence-corrected chi connectivity index (χ2v) is 7.67. The number of aromatic nitrogens is 2. The first-order valence-corrected chi connectivity index (χ1v) is 10.7. The minimum Gasteiger partial charge on any atom is -0.356 e. The standard InChI is InChI=1S/C26H26FN3O/c27-22-15-12-21(13-16-22)19-30-24-10-5-4-9-23(24)29-25(30)11-6-18-28-26(31)17-14-20-7-2-1-3-8-20/h1-5,7-10,12-13,15-16H,6,11,14,17-19H2,(H,28,31). The molecular weight excluding hydrogens is 389 g/mol. The van der Waals surface area contributed by atoms with Crippen molar-refractivity contribution in [3.05, 3.63) is 102 Å². The highest BCUT2D eigenvalue weighted by atomic mass is 19.1. The van der Waals surface area contributed by atoms with Gasteiger partial charge < -0.3 is 9.88 Å². The van der Waals surface area contributed by atoms with Crippen molar-refractivity contribution < 1.29 is 9.18 Å². The molecule has 1 aromatic heterocycles. The van der Waals surface area contributed by atoms with Crippen LogP contribution in [0.15, 0.2) is 78.9 Å². The number of imidazole rings is 1. The molecule has 1 heterocycles. The van der Waals surface area contributed by atoms with Crippen LogP contribution >= 0.6 is 0 Å². The Morgan fingerprint density at radius 3 is 2.42 bits per heavy atom. The van der Waals surface area contributed by atoms with Gasteiger partial charge in [-0.05, 0) is 48.2 Å². The monoisotopic (exact) mass is 415 g/mol. The summed E-state index contributed by atoms with van der Waals surface area (Å²) in [5, 5.41) is 3.01. The summed E-state index contributed by atoms with van der Waals surface area (Å²) in [6.45, 7) is 1.26. The van der Waals surface area contributed by atoms with Crippen LogP contribution in [0.1, 0.15) is 29.8 Å². The predicted molar refractivity (Wildman–Crippen MR) is 121 cm³/mol. The maximum absolute atomic E-state index is 13.3. The molecule has 3 aromatic carbocycles. The summed E-state index contributed by atoms with van der Waals surface area (Å²) < 4.78 is 15.4. The quantitative estimate of drug-likeness (QED) is 0.395. The van der Waals surface area contributed by atoms with E-state index in [-0.39, 0.29) is 11.7 Å². The van der Waals surface area contributed by atoms with E-state index in [0.29, 0.717) is 19.5 Å². The number of carbonyl (C=O) groups is 1. The van der Waals surface area contributed by atoms with Gasteiger partial charge in [-0.15, -0.1) is 0 Å². The summed E-state index contributed by atoms with van der Waals surface area (Å²) in [4.78, 5) is 16.9. The lowest BCUT2D eigenvalue weighted by molar-refractivity contribution is -0.121. The Morgan fingerprint density at radius 1 is 0.871 bits per heavy atom. The Balaban J connectivity index is 1.34. The summed E-state index contributed by atoms with van der Waals surface area (Å²) in [7, 11) is 0. The second kappa shape index (κ2) is 10.0. The van der Waals surface area contributed by atoms with Crippen LogP contribution in [0.25, 0.3) is 11.0 Å². The average Bonchev–Trinajstić information content (AvgIpc) is 3.15. The molecule has 1 N–H and O–H groups in total. The molecule has 0 aliphatic heterocycles. The number of fused-ring (bicyclic) bond motifs is 1. The molecule has 4 rings (SSSR count). The molecular formula is C26H26FN3O. The number of benzene rings is 3. The van der Waals surface area contributed by atoms with E-state index in [4.69, 9.17) is 4.98 Å². The first-order chi connectivity index (χ1) is 15.2. The van der Waals surface area contributed by atoms with E-state index in [1.54, 1.807) is 12.1 Å². The average molecular weight is 416 g/mol. The number of aryl methyl sites for hydroxylation is 2.